The minimum Gasteiger partial charge on any atom is -0.264 e. The van der Waals surface area contributed by atoms with Crippen LogP contribution in [0.4, 0.5) is 0 Å². The molecule has 0 bridgehead atoms. The van der Waals surface area contributed by atoms with E-state index in [-0.39, 0.29) is 0 Å². The molecule has 5 nitrogen and oxygen atoms in total. The van der Waals surface area contributed by atoms with Crippen molar-refractivity contribution in [1.29, 1.82) is 0 Å². The number of nitrogens with zero attached hydrogens (tertiary/aromatic N) is 5. The Labute approximate surface area is 76.0 Å². The van der Waals surface area contributed by atoms with E-state index in [0.29, 0.717) is 6.54 Å². The number of rotatable bonds is 2. The maximum atomic E-state index is 4.17. The van der Waals surface area contributed by atoms with Gasteiger partial charge in [-0.25, -0.2) is 0 Å². The molecule has 0 radical (unpaired) electrons. The quantitative estimate of drug-likeness (QED) is 0.665. The van der Waals surface area contributed by atoms with Crippen LogP contribution in [0.25, 0.3) is 0 Å². The zero-order valence-corrected chi connectivity index (χ0v) is 7.68. The van der Waals surface area contributed by atoms with E-state index in [2.05, 4.69) is 15.3 Å². The summed E-state index contributed by atoms with van der Waals surface area (Å²) in [5.41, 5.74) is 2.06. The third-order valence-corrected chi connectivity index (χ3v) is 1.89. The molecule has 2 heterocycles. The second-order valence-electron chi connectivity index (χ2n) is 2.96. The SMILES string of the molecule is Cc1ccnn1Cc1cnn(C)n1. The van der Waals surface area contributed by atoms with Gasteiger partial charge < -0.3 is 0 Å². The van der Waals surface area contributed by atoms with Gasteiger partial charge in [-0.15, -0.1) is 0 Å². The average Bonchev–Trinajstić information content (AvgIpc) is 2.64. The van der Waals surface area contributed by atoms with Crippen LogP contribution in [0, 0.1) is 6.92 Å². The van der Waals surface area contributed by atoms with Crippen molar-refractivity contribution in [2.75, 3.05) is 0 Å². The van der Waals surface area contributed by atoms with Crippen molar-refractivity contribution in [1.82, 2.24) is 24.8 Å². The van der Waals surface area contributed by atoms with E-state index in [9.17, 15) is 0 Å². The number of aryl methyl sites for hydroxylation is 2. The molecule has 0 N–H and O–H groups in total. The first-order valence-electron chi connectivity index (χ1n) is 4.09. The van der Waals surface area contributed by atoms with Gasteiger partial charge in [0.05, 0.1) is 12.7 Å². The Bertz CT molecular complexity index is 400. The highest BCUT2D eigenvalue weighted by molar-refractivity contribution is 5.00. The van der Waals surface area contributed by atoms with Crippen molar-refractivity contribution >= 4 is 0 Å². The fraction of sp³-hybridized carbons (Fsp3) is 0.375. The minimum atomic E-state index is 0.687. The van der Waals surface area contributed by atoms with E-state index in [4.69, 9.17) is 0 Å². The molecule has 0 aliphatic rings. The van der Waals surface area contributed by atoms with Crippen LogP contribution in [0.2, 0.25) is 0 Å². The number of hydrogen-bond donors (Lipinski definition) is 0. The molecule has 2 rings (SSSR count). The number of hydrogen-bond acceptors (Lipinski definition) is 3. The topological polar surface area (TPSA) is 48.5 Å². The first kappa shape index (κ1) is 7.97. The lowest BCUT2D eigenvalue weighted by molar-refractivity contribution is 0.613. The maximum absolute atomic E-state index is 4.17. The van der Waals surface area contributed by atoms with E-state index in [1.165, 1.54) is 0 Å². The van der Waals surface area contributed by atoms with Gasteiger partial charge in [0.25, 0.3) is 0 Å². The van der Waals surface area contributed by atoms with Crippen molar-refractivity contribution in [3.63, 3.8) is 0 Å². The molecule has 2 aromatic heterocycles. The fourth-order valence-corrected chi connectivity index (χ4v) is 1.18. The highest BCUT2D eigenvalue weighted by Crippen LogP contribution is 2.00. The molecule has 0 saturated heterocycles. The molecule has 13 heavy (non-hydrogen) atoms. The zero-order chi connectivity index (χ0) is 9.26. The van der Waals surface area contributed by atoms with Crippen molar-refractivity contribution < 1.29 is 0 Å². The van der Waals surface area contributed by atoms with Crippen LogP contribution >= 0.6 is 0 Å². The molecule has 5 heteroatoms. The summed E-state index contributed by atoms with van der Waals surface area (Å²) in [5, 5.41) is 12.3. The van der Waals surface area contributed by atoms with Crippen molar-refractivity contribution in [2.45, 2.75) is 13.5 Å². The lowest BCUT2D eigenvalue weighted by Gasteiger charge is -1.99. The van der Waals surface area contributed by atoms with Crippen LogP contribution in [0.5, 0.6) is 0 Å². The molecule has 0 saturated carbocycles. The van der Waals surface area contributed by atoms with Crippen LogP contribution in [0.3, 0.4) is 0 Å². The predicted octanol–water partition coefficient (Wildman–Crippen LogP) is 0.368. The Morgan fingerprint density at radius 3 is 2.77 bits per heavy atom. The van der Waals surface area contributed by atoms with Crippen molar-refractivity contribution in [2.24, 2.45) is 7.05 Å². The molecular formula is C8H11N5. The van der Waals surface area contributed by atoms with Crippen LogP contribution in [0.15, 0.2) is 18.5 Å². The summed E-state index contributed by atoms with van der Waals surface area (Å²) in [6.45, 7) is 2.70. The summed E-state index contributed by atoms with van der Waals surface area (Å²) < 4.78 is 1.89. The van der Waals surface area contributed by atoms with Gasteiger partial charge in [0.15, 0.2) is 0 Å². The highest BCUT2D eigenvalue weighted by Gasteiger charge is 2.01. The third kappa shape index (κ3) is 1.58. The van der Waals surface area contributed by atoms with Gasteiger partial charge in [0.1, 0.15) is 5.69 Å². The van der Waals surface area contributed by atoms with E-state index in [1.54, 1.807) is 24.2 Å². The molecule has 0 aromatic carbocycles. The summed E-state index contributed by atoms with van der Waals surface area (Å²) in [6.07, 6.45) is 3.53. The Hall–Kier alpha value is -1.65. The lowest BCUT2D eigenvalue weighted by atomic mass is 10.4. The molecular weight excluding hydrogens is 166 g/mol. The van der Waals surface area contributed by atoms with E-state index < -0.39 is 0 Å². The Morgan fingerprint density at radius 1 is 1.38 bits per heavy atom. The maximum Gasteiger partial charge on any atom is 0.104 e. The molecule has 0 aliphatic heterocycles. The Kier molecular flexibility index (Phi) is 1.84. The average molecular weight is 177 g/mol. The molecule has 0 aliphatic carbocycles. The molecule has 0 fully saturated rings. The standard InChI is InChI=1S/C8H11N5/c1-7-3-4-9-13(7)6-8-5-10-12(2)11-8/h3-5H,6H2,1-2H3. The molecule has 68 valence electrons. The van der Waals surface area contributed by atoms with Crippen LogP contribution in [0.1, 0.15) is 11.4 Å². The molecule has 0 spiro atoms. The van der Waals surface area contributed by atoms with Crippen LogP contribution in [-0.2, 0) is 13.6 Å². The van der Waals surface area contributed by atoms with E-state index in [0.717, 1.165) is 11.4 Å². The Morgan fingerprint density at radius 2 is 2.23 bits per heavy atom. The van der Waals surface area contributed by atoms with Gasteiger partial charge in [0, 0.05) is 18.9 Å². The summed E-state index contributed by atoms with van der Waals surface area (Å²) in [5.74, 6) is 0. The normalized spacial score (nSPS) is 10.6. The fourth-order valence-electron chi connectivity index (χ4n) is 1.18. The molecule has 2 aromatic rings. The van der Waals surface area contributed by atoms with Crippen molar-refractivity contribution in [3.05, 3.63) is 29.8 Å². The van der Waals surface area contributed by atoms with Crippen LogP contribution < -0.4 is 0 Å². The van der Waals surface area contributed by atoms with Gasteiger partial charge in [-0.05, 0) is 13.0 Å². The summed E-state index contributed by atoms with van der Waals surface area (Å²) in [7, 11) is 1.81. The smallest absolute Gasteiger partial charge is 0.104 e. The minimum absolute atomic E-state index is 0.687. The van der Waals surface area contributed by atoms with Gasteiger partial charge in [-0.1, -0.05) is 0 Å². The van der Waals surface area contributed by atoms with Crippen LogP contribution in [-0.4, -0.2) is 24.8 Å². The monoisotopic (exact) mass is 177 g/mol. The van der Waals surface area contributed by atoms with Crippen molar-refractivity contribution in [3.8, 4) is 0 Å². The highest BCUT2D eigenvalue weighted by atomic mass is 15.5. The molecule has 0 amide bonds. The zero-order valence-electron chi connectivity index (χ0n) is 7.68. The third-order valence-electron chi connectivity index (χ3n) is 1.89. The Balaban J connectivity index is 2.19. The number of aromatic nitrogens is 5. The summed E-state index contributed by atoms with van der Waals surface area (Å²) >= 11 is 0. The largest absolute Gasteiger partial charge is 0.264 e. The van der Waals surface area contributed by atoms with Gasteiger partial charge in [-0.3, -0.25) is 4.68 Å². The van der Waals surface area contributed by atoms with E-state index in [1.807, 2.05) is 17.7 Å². The molecule has 0 unspecified atom stereocenters. The second kappa shape index (κ2) is 3.01. The lowest BCUT2D eigenvalue weighted by Crippen LogP contribution is -2.04. The first-order valence-corrected chi connectivity index (χ1v) is 4.09. The van der Waals surface area contributed by atoms with Gasteiger partial charge in [-0.2, -0.15) is 20.1 Å². The van der Waals surface area contributed by atoms with Gasteiger partial charge >= 0.3 is 0 Å². The predicted molar refractivity (Wildman–Crippen MR) is 47.1 cm³/mol. The van der Waals surface area contributed by atoms with E-state index >= 15 is 0 Å². The van der Waals surface area contributed by atoms with Gasteiger partial charge in [0.2, 0.25) is 0 Å². The molecule has 0 atom stereocenters. The first-order chi connectivity index (χ1) is 6.25. The summed E-state index contributed by atoms with van der Waals surface area (Å²) in [6, 6.07) is 1.97. The second-order valence-corrected chi connectivity index (χ2v) is 2.96. The summed E-state index contributed by atoms with van der Waals surface area (Å²) in [4.78, 5) is 1.55.